The van der Waals surface area contributed by atoms with E-state index in [2.05, 4.69) is 0 Å². The molecule has 3 heteroatoms. The van der Waals surface area contributed by atoms with Gasteiger partial charge in [-0.15, -0.1) is 0 Å². The highest BCUT2D eigenvalue weighted by molar-refractivity contribution is 7.07. The molecule has 0 aromatic carbocycles. The van der Waals surface area contributed by atoms with Crippen molar-refractivity contribution in [3.8, 4) is 0 Å². The van der Waals surface area contributed by atoms with E-state index in [-0.39, 0.29) is 11.8 Å². The van der Waals surface area contributed by atoms with Crippen LogP contribution in [0.2, 0.25) is 0 Å². The van der Waals surface area contributed by atoms with Gasteiger partial charge in [-0.25, -0.2) is 0 Å². The first-order valence-electron chi connectivity index (χ1n) is 3.88. The summed E-state index contributed by atoms with van der Waals surface area (Å²) in [6.07, 6.45) is 0. The molecule has 0 aliphatic carbocycles. The van der Waals surface area contributed by atoms with E-state index in [0.29, 0.717) is 0 Å². The van der Waals surface area contributed by atoms with Gasteiger partial charge in [0, 0.05) is 0 Å². The van der Waals surface area contributed by atoms with Gasteiger partial charge < -0.3 is 5.11 Å². The maximum atomic E-state index is 10.6. The molecule has 2 atom stereocenters. The molecule has 0 bridgehead atoms. The number of rotatable bonds is 3. The molecule has 0 radical (unpaired) electrons. The molecule has 12 heavy (non-hydrogen) atoms. The van der Waals surface area contributed by atoms with Gasteiger partial charge in [-0.2, -0.15) is 11.3 Å². The van der Waals surface area contributed by atoms with Crippen molar-refractivity contribution >= 4 is 17.3 Å². The minimum Gasteiger partial charge on any atom is -0.481 e. The van der Waals surface area contributed by atoms with Crippen molar-refractivity contribution in [2.45, 2.75) is 19.8 Å². The zero-order chi connectivity index (χ0) is 9.14. The summed E-state index contributed by atoms with van der Waals surface area (Å²) < 4.78 is 0. The molecular formula is C9H12O2S. The fraction of sp³-hybridized carbons (Fsp3) is 0.444. The second kappa shape index (κ2) is 3.72. The van der Waals surface area contributed by atoms with Crippen LogP contribution in [0.4, 0.5) is 0 Å². The third-order valence-corrected chi connectivity index (χ3v) is 2.91. The Kier molecular flexibility index (Phi) is 2.87. The van der Waals surface area contributed by atoms with Crippen LogP contribution < -0.4 is 0 Å². The standard InChI is InChI=1S/C9H12O2S/c1-6(7(2)9(10)11)8-3-4-12-5-8/h3-7H,1-2H3,(H,10,11). The number of carbonyl (C=O) groups is 1. The van der Waals surface area contributed by atoms with Gasteiger partial charge in [0.1, 0.15) is 0 Å². The maximum absolute atomic E-state index is 10.6. The molecule has 66 valence electrons. The second-order valence-corrected chi connectivity index (χ2v) is 3.75. The zero-order valence-corrected chi connectivity index (χ0v) is 7.97. The summed E-state index contributed by atoms with van der Waals surface area (Å²) in [7, 11) is 0. The lowest BCUT2D eigenvalue weighted by atomic mass is 9.91. The van der Waals surface area contributed by atoms with Gasteiger partial charge in [-0.1, -0.05) is 13.8 Å². The van der Waals surface area contributed by atoms with Gasteiger partial charge in [0.05, 0.1) is 5.92 Å². The van der Waals surface area contributed by atoms with Crippen LogP contribution in [0.25, 0.3) is 0 Å². The van der Waals surface area contributed by atoms with E-state index in [4.69, 9.17) is 5.11 Å². The Morgan fingerprint density at radius 1 is 1.58 bits per heavy atom. The lowest BCUT2D eigenvalue weighted by Crippen LogP contribution is -2.16. The molecule has 0 spiro atoms. The summed E-state index contributed by atoms with van der Waals surface area (Å²) in [6, 6.07) is 1.98. The average Bonchev–Trinajstić information content (AvgIpc) is 2.53. The Hall–Kier alpha value is -0.830. The molecule has 0 aliphatic rings. The van der Waals surface area contributed by atoms with Gasteiger partial charge in [-0.3, -0.25) is 4.79 Å². The lowest BCUT2D eigenvalue weighted by Gasteiger charge is -2.13. The van der Waals surface area contributed by atoms with Gasteiger partial charge in [0.25, 0.3) is 0 Å². The van der Waals surface area contributed by atoms with Gasteiger partial charge in [-0.05, 0) is 28.3 Å². The second-order valence-electron chi connectivity index (χ2n) is 2.97. The fourth-order valence-electron chi connectivity index (χ4n) is 1.04. The summed E-state index contributed by atoms with van der Waals surface area (Å²) in [5.74, 6) is -0.929. The van der Waals surface area contributed by atoms with Gasteiger partial charge in [0.15, 0.2) is 0 Å². The van der Waals surface area contributed by atoms with Crippen molar-refractivity contribution < 1.29 is 9.90 Å². The molecule has 1 heterocycles. The highest BCUT2D eigenvalue weighted by atomic mass is 32.1. The van der Waals surface area contributed by atoms with Crippen molar-refractivity contribution in [1.82, 2.24) is 0 Å². The summed E-state index contributed by atoms with van der Waals surface area (Å²) in [5.41, 5.74) is 1.12. The predicted octanol–water partition coefficient (Wildman–Crippen LogP) is 2.57. The van der Waals surface area contributed by atoms with Gasteiger partial charge in [0.2, 0.25) is 0 Å². The van der Waals surface area contributed by atoms with E-state index >= 15 is 0 Å². The molecule has 0 saturated heterocycles. The number of aliphatic carboxylic acids is 1. The van der Waals surface area contributed by atoms with Crippen LogP contribution in [-0.4, -0.2) is 11.1 Å². The molecule has 0 aliphatic heterocycles. The smallest absolute Gasteiger partial charge is 0.306 e. The normalized spacial score (nSPS) is 15.5. The number of hydrogen-bond donors (Lipinski definition) is 1. The largest absolute Gasteiger partial charge is 0.481 e. The van der Waals surface area contributed by atoms with E-state index in [1.165, 1.54) is 0 Å². The Balaban J connectivity index is 2.71. The maximum Gasteiger partial charge on any atom is 0.306 e. The predicted molar refractivity (Wildman–Crippen MR) is 49.5 cm³/mol. The third kappa shape index (κ3) is 1.85. The number of thiophene rings is 1. The van der Waals surface area contributed by atoms with Gasteiger partial charge >= 0.3 is 5.97 Å². The van der Waals surface area contributed by atoms with E-state index in [1.807, 2.05) is 23.8 Å². The summed E-state index contributed by atoms with van der Waals surface area (Å²) >= 11 is 1.60. The minimum absolute atomic E-state index is 0.105. The molecule has 1 aromatic heterocycles. The Morgan fingerprint density at radius 2 is 2.25 bits per heavy atom. The zero-order valence-electron chi connectivity index (χ0n) is 7.15. The Bertz CT molecular complexity index is 254. The highest BCUT2D eigenvalue weighted by Crippen LogP contribution is 2.25. The Morgan fingerprint density at radius 3 is 2.67 bits per heavy atom. The molecule has 0 amide bonds. The van der Waals surface area contributed by atoms with Crippen LogP contribution >= 0.6 is 11.3 Å². The van der Waals surface area contributed by atoms with E-state index in [1.54, 1.807) is 18.3 Å². The third-order valence-electron chi connectivity index (χ3n) is 2.21. The van der Waals surface area contributed by atoms with Crippen molar-refractivity contribution in [2.75, 3.05) is 0 Å². The first-order valence-corrected chi connectivity index (χ1v) is 4.82. The summed E-state index contributed by atoms with van der Waals surface area (Å²) in [6.45, 7) is 3.69. The molecule has 1 aromatic rings. The van der Waals surface area contributed by atoms with E-state index < -0.39 is 5.97 Å². The minimum atomic E-state index is -0.728. The number of carboxylic acids is 1. The number of hydrogen-bond acceptors (Lipinski definition) is 2. The summed E-state index contributed by atoms with van der Waals surface area (Å²) in [5, 5.41) is 12.7. The molecular weight excluding hydrogens is 172 g/mol. The molecule has 2 nitrogen and oxygen atoms in total. The van der Waals surface area contributed by atoms with E-state index in [9.17, 15) is 4.79 Å². The quantitative estimate of drug-likeness (QED) is 0.784. The van der Waals surface area contributed by atoms with Crippen LogP contribution in [0, 0.1) is 5.92 Å². The van der Waals surface area contributed by atoms with Crippen LogP contribution in [0.15, 0.2) is 16.8 Å². The van der Waals surface area contributed by atoms with Crippen LogP contribution in [0.3, 0.4) is 0 Å². The average molecular weight is 184 g/mol. The first-order chi connectivity index (χ1) is 5.63. The van der Waals surface area contributed by atoms with E-state index in [0.717, 1.165) is 5.56 Å². The molecule has 1 N–H and O–H groups in total. The van der Waals surface area contributed by atoms with Crippen LogP contribution in [0.1, 0.15) is 25.3 Å². The fourth-order valence-corrected chi connectivity index (χ4v) is 1.80. The number of carboxylic acid groups (broad SMARTS) is 1. The van der Waals surface area contributed by atoms with Crippen molar-refractivity contribution in [2.24, 2.45) is 5.92 Å². The highest BCUT2D eigenvalue weighted by Gasteiger charge is 2.20. The molecule has 0 saturated carbocycles. The lowest BCUT2D eigenvalue weighted by molar-refractivity contribution is -0.141. The summed E-state index contributed by atoms with van der Waals surface area (Å²) in [4.78, 5) is 10.6. The van der Waals surface area contributed by atoms with Crippen molar-refractivity contribution in [3.63, 3.8) is 0 Å². The molecule has 1 rings (SSSR count). The van der Waals surface area contributed by atoms with Crippen LogP contribution in [0.5, 0.6) is 0 Å². The Labute approximate surface area is 75.9 Å². The topological polar surface area (TPSA) is 37.3 Å². The molecule has 0 fully saturated rings. The monoisotopic (exact) mass is 184 g/mol. The van der Waals surface area contributed by atoms with Crippen molar-refractivity contribution in [1.29, 1.82) is 0 Å². The van der Waals surface area contributed by atoms with Crippen LogP contribution in [-0.2, 0) is 4.79 Å². The SMILES string of the molecule is CC(C(=O)O)C(C)c1ccsc1. The first kappa shape index (κ1) is 9.26. The van der Waals surface area contributed by atoms with Crippen molar-refractivity contribution in [3.05, 3.63) is 22.4 Å². The molecule has 2 unspecified atom stereocenters.